The van der Waals surface area contributed by atoms with Crippen LogP contribution in [-0.2, 0) is 29.6 Å². The van der Waals surface area contributed by atoms with Crippen molar-refractivity contribution in [1.82, 2.24) is 24.2 Å². The van der Waals surface area contributed by atoms with Gasteiger partial charge in [-0.3, -0.25) is 13.5 Å². The van der Waals surface area contributed by atoms with Crippen LogP contribution in [0, 0.1) is 11.8 Å². The first-order valence-corrected chi connectivity index (χ1v) is 12.7. The molecule has 1 aliphatic carbocycles. The van der Waals surface area contributed by atoms with Crippen molar-refractivity contribution in [2.45, 2.75) is 42.2 Å². The molecule has 5 rings (SSSR count). The number of halogens is 2. The molecule has 1 saturated heterocycles. The second kappa shape index (κ2) is 9.67. The number of nitrogen functional groups attached to an aromatic ring is 1. The predicted molar refractivity (Wildman–Crippen MR) is 127 cm³/mol. The zero-order valence-electron chi connectivity index (χ0n) is 19.9. The fourth-order valence-corrected chi connectivity index (χ4v) is 5.06. The molecule has 1 amide bonds. The number of carbonyl (C=O) groups excluding carboxylic acids is 1. The summed E-state index contributed by atoms with van der Waals surface area (Å²) in [7, 11) is -4.94. The van der Waals surface area contributed by atoms with Crippen LogP contribution in [0.25, 0.3) is 11.2 Å². The van der Waals surface area contributed by atoms with Crippen molar-refractivity contribution in [3.63, 3.8) is 0 Å². The molecule has 15 nitrogen and oxygen atoms in total. The van der Waals surface area contributed by atoms with Crippen molar-refractivity contribution in [3.05, 3.63) is 48.0 Å². The smallest absolute Gasteiger partial charge is 0.363 e. The summed E-state index contributed by atoms with van der Waals surface area (Å²) in [4.78, 5) is 23.9. The maximum atomic E-state index is 14.6. The van der Waals surface area contributed by atoms with Crippen molar-refractivity contribution >= 4 is 33.2 Å². The van der Waals surface area contributed by atoms with Crippen LogP contribution in [-0.4, -0.2) is 85.1 Å². The number of amides is 1. The first kappa shape index (κ1) is 27.7. The van der Waals surface area contributed by atoms with Gasteiger partial charge in [-0.25, -0.2) is 19.7 Å². The number of benzene rings is 1. The average Bonchev–Trinajstić information content (AvgIpc) is 3.50. The van der Waals surface area contributed by atoms with Gasteiger partial charge in [0.1, 0.15) is 36.3 Å². The number of nitrogens with two attached hydrogens (primary N) is 1. The number of alkyl halides is 2. The number of rotatable bonds is 5. The van der Waals surface area contributed by atoms with E-state index in [-0.39, 0.29) is 22.5 Å². The molecule has 18 heteroatoms. The van der Waals surface area contributed by atoms with Gasteiger partial charge in [-0.05, 0) is 17.4 Å². The highest BCUT2D eigenvalue weighted by molar-refractivity contribution is 7.85. The van der Waals surface area contributed by atoms with Gasteiger partial charge < -0.3 is 30.9 Å². The molecule has 0 radical (unpaired) electrons. The number of hydrogen-bond acceptors (Lipinski definition) is 13. The van der Waals surface area contributed by atoms with Crippen molar-refractivity contribution in [2.24, 2.45) is 0 Å². The summed E-state index contributed by atoms with van der Waals surface area (Å²) in [6.45, 7) is -0.893. The van der Waals surface area contributed by atoms with E-state index >= 15 is 0 Å². The summed E-state index contributed by atoms with van der Waals surface area (Å²) in [5.74, 6) is -2.59. The number of ether oxygens (including phenoxy) is 1. The molecular weight excluding hydrogens is 562 g/mol. The first-order chi connectivity index (χ1) is 18.8. The van der Waals surface area contributed by atoms with E-state index in [4.69, 9.17) is 10.5 Å². The Labute approximate surface area is 223 Å². The van der Waals surface area contributed by atoms with Gasteiger partial charge in [0, 0.05) is 5.56 Å². The van der Waals surface area contributed by atoms with Crippen molar-refractivity contribution in [3.8, 4) is 11.8 Å². The molecule has 6 atom stereocenters. The minimum atomic E-state index is -4.94. The topological polar surface area (TPSA) is 232 Å². The van der Waals surface area contributed by atoms with Crippen LogP contribution < -0.4 is 10.5 Å². The lowest BCUT2D eigenvalue weighted by Crippen LogP contribution is -2.43. The molecule has 2 aliphatic rings. The molecule has 1 aromatic carbocycles. The van der Waals surface area contributed by atoms with E-state index in [9.17, 15) is 42.4 Å². The summed E-state index contributed by atoms with van der Waals surface area (Å²) < 4.78 is 66.5. The van der Waals surface area contributed by atoms with Gasteiger partial charge in [-0.1, -0.05) is 24.3 Å². The van der Waals surface area contributed by atoms with Gasteiger partial charge in [0.2, 0.25) is 5.60 Å². The van der Waals surface area contributed by atoms with E-state index in [0.29, 0.717) is 0 Å². The largest absolute Gasteiger partial charge is 0.387 e. The fraction of sp³-hybridized carbons (Fsp3) is 0.364. The van der Waals surface area contributed by atoms with Gasteiger partial charge in [0.25, 0.3) is 0 Å². The zero-order chi connectivity index (χ0) is 29.0. The zero-order valence-corrected chi connectivity index (χ0v) is 20.7. The van der Waals surface area contributed by atoms with Crippen LogP contribution in [0.2, 0.25) is 0 Å². The number of nitrogens with one attached hydrogen (secondary N) is 1. The second-order valence-electron chi connectivity index (χ2n) is 8.87. The van der Waals surface area contributed by atoms with Crippen molar-refractivity contribution in [2.75, 3.05) is 12.3 Å². The molecule has 2 aromatic heterocycles. The van der Waals surface area contributed by atoms with Gasteiger partial charge >= 0.3 is 22.1 Å². The van der Waals surface area contributed by atoms with E-state index < -0.39 is 70.5 Å². The monoisotopic (exact) mass is 582 g/mol. The molecule has 3 heterocycles. The highest BCUT2D eigenvalue weighted by atomic mass is 32.2. The van der Waals surface area contributed by atoms with Gasteiger partial charge in [0.15, 0.2) is 17.7 Å². The van der Waals surface area contributed by atoms with Crippen LogP contribution in [0.1, 0.15) is 23.5 Å². The number of carbonyl (C=O) groups is 1. The third-order valence-electron chi connectivity index (χ3n) is 6.43. The maximum Gasteiger partial charge on any atom is 0.363 e. The number of hydrogen-bond donors (Lipinski definition) is 6. The molecule has 0 unspecified atom stereocenters. The van der Waals surface area contributed by atoms with Crippen molar-refractivity contribution in [1.29, 1.82) is 0 Å². The summed E-state index contributed by atoms with van der Waals surface area (Å²) >= 11 is 0. The van der Waals surface area contributed by atoms with Crippen LogP contribution in [0.4, 0.5) is 14.6 Å². The van der Waals surface area contributed by atoms with Crippen LogP contribution >= 0.6 is 0 Å². The second-order valence-corrected chi connectivity index (χ2v) is 10.2. The Hall–Kier alpha value is -3.83. The number of aromatic nitrogens is 4. The lowest BCUT2D eigenvalue weighted by molar-refractivity contribution is -0.197. The Morgan fingerprint density at radius 3 is 2.67 bits per heavy atom. The number of aliphatic hydroxyl groups excluding tert-OH is 3. The van der Waals surface area contributed by atoms with E-state index in [2.05, 4.69) is 19.1 Å². The lowest BCUT2D eigenvalue weighted by atomic mass is 9.94. The predicted octanol–water partition coefficient (Wildman–Crippen LogP) is -2.02. The third kappa shape index (κ3) is 4.43. The molecule has 212 valence electrons. The van der Waals surface area contributed by atoms with Gasteiger partial charge in [-0.15, -0.1) is 0 Å². The molecule has 7 N–H and O–H groups in total. The fourth-order valence-electron chi connectivity index (χ4n) is 4.41. The Kier molecular flexibility index (Phi) is 6.70. The Morgan fingerprint density at radius 1 is 1.20 bits per heavy atom. The van der Waals surface area contributed by atoms with E-state index in [0.717, 1.165) is 18.5 Å². The maximum absolute atomic E-state index is 14.6. The average molecular weight is 582 g/mol. The molecule has 0 bridgehead atoms. The minimum absolute atomic E-state index is 0.0470. The molecule has 1 fully saturated rings. The van der Waals surface area contributed by atoms with Crippen LogP contribution in [0.3, 0.4) is 0 Å². The van der Waals surface area contributed by atoms with Gasteiger partial charge in [0.05, 0.1) is 12.9 Å². The summed E-state index contributed by atoms with van der Waals surface area (Å²) in [6, 6.07) is 4.87. The Balaban J connectivity index is 1.25. The molecule has 1 aliphatic heterocycles. The summed E-state index contributed by atoms with van der Waals surface area (Å²) in [5, 5.41) is 41.2. The Morgan fingerprint density at radius 2 is 1.93 bits per heavy atom. The lowest BCUT2D eigenvalue weighted by Gasteiger charge is -2.26. The minimum Gasteiger partial charge on any atom is -0.387 e. The molecule has 0 spiro atoms. The van der Waals surface area contributed by atoms with E-state index in [1.54, 1.807) is 11.8 Å². The highest BCUT2D eigenvalue weighted by Crippen LogP contribution is 2.53. The first-order valence-electron chi connectivity index (χ1n) is 11.3. The molecule has 40 heavy (non-hydrogen) atoms. The molecular formula is C22H20F2N6O9S. The molecule has 3 aromatic rings. The third-order valence-corrected chi connectivity index (χ3v) is 7.31. The van der Waals surface area contributed by atoms with Crippen LogP contribution in [0.15, 0.2) is 36.9 Å². The number of nitrogens with zero attached hydrogens (tertiary/aromatic N) is 4. The summed E-state index contributed by atoms with van der Waals surface area (Å²) in [5.41, 5.74) is 2.03. The van der Waals surface area contributed by atoms with E-state index in [1.165, 1.54) is 27.7 Å². The Bertz CT molecular complexity index is 1660. The normalized spacial score (nSPS) is 29.1. The van der Waals surface area contributed by atoms with Crippen molar-refractivity contribution < 1.29 is 51.3 Å². The van der Waals surface area contributed by atoms with E-state index in [1.807, 2.05) is 0 Å². The number of aliphatic hydroxyl groups is 4. The number of fused-ring (bicyclic) bond motifs is 2. The SMILES string of the molecule is Nc1ncnc2c1ncn2[C@@H]1O[C@H](COS(=O)(=O)NC(=O)C#C[C@]2(O)c3ccccc3[C@@H](O)C2(F)F)[C@@H](O)[C@H]1O. The number of imidazole rings is 1. The standard InChI is InChI=1S/C22H20F2N6O9S/c23-22(24)17(34)10-3-1-2-4-11(10)21(22,35)6-5-13(31)29-40(36,37)38-7-12-15(32)16(33)20(39-12)30-9-28-14-18(25)26-8-27-19(14)30/h1-4,8-9,12,15-17,20,32-35H,7H2,(H,29,31)(H2,25,26,27)/t12-,15-,16-,17-,20-,21+/m1/s1. The quantitative estimate of drug-likeness (QED) is 0.179. The van der Waals surface area contributed by atoms with Crippen LogP contribution in [0.5, 0.6) is 0 Å². The highest BCUT2D eigenvalue weighted by Gasteiger charge is 2.65. The number of anilines is 1. The molecule has 0 saturated carbocycles. The summed E-state index contributed by atoms with van der Waals surface area (Å²) in [6.07, 6.45) is -6.01. The van der Waals surface area contributed by atoms with Gasteiger partial charge in [-0.2, -0.15) is 17.2 Å².